The fraction of sp³-hybridized carbons (Fsp3) is 0.409. The SMILES string of the molecule is O=C(NCCS(=O)(=O)N1CCc2ccccc21)c1ccccc1OC1CCCC1. The van der Waals surface area contributed by atoms with Crippen molar-refractivity contribution < 1.29 is 17.9 Å². The number of benzene rings is 2. The van der Waals surface area contributed by atoms with E-state index in [0.717, 1.165) is 36.9 Å². The highest BCUT2D eigenvalue weighted by Crippen LogP contribution is 2.30. The Labute approximate surface area is 171 Å². The Hall–Kier alpha value is -2.54. The Bertz CT molecular complexity index is 984. The van der Waals surface area contributed by atoms with Gasteiger partial charge in [-0.3, -0.25) is 9.10 Å². The highest BCUT2D eigenvalue weighted by Gasteiger charge is 2.29. The first-order chi connectivity index (χ1) is 14.0. The lowest BCUT2D eigenvalue weighted by molar-refractivity contribution is 0.0949. The summed E-state index contributed by atoms with van der Waals surface area (Å²) >= 11 is 0. The van der Waals surface area contributed by atoms with Gasteiger partial charge in [0.25, 0.3) is 5.91 Å². The Morgan fingerprint density at radius 1 is 1.07 bits per heavy atom. The number of rotatable bonds is 7. The van der Waals surface area contributed by atoms with E-state index < -0.39 is 10.0 Å². The summed E-state index contributed by atoms with van der Waals surface area (Å²) in [5.41, 5.74) is 2.23. The molecule has 2 aromatic carbocycles. The van der Waals surface area contributed by atoms with Crippen molar-refractivity contribution in [3.63, 3.8) is 0 Å². The average molecular weight is 415 g/mol. The number of ether oxygens (including phenoxy) is 1. The minimum atomic E-state index is -3.49. The van der Waals surface area contributed by atoms with Crippen LogP contribution in [0, 0.1) is 0 Å². The van der Waals surface area contributed by atoms with Crippen LogP contribution in [0.2, 0.25) is 0 Å². The van der Waals surface area contributed by atoms with E-state index in [2.05, 4.69) is 5.32 Å². The lowest BCUT2D eigenvalue weighted by Crippen LogP contribution is -2.37. The molecule has 1 aliphatic carbocycles. The molecule has 154 valence electrons. The lowest BCUT2D eigenvalue weighted by atomic mass is 10.2. The number of amides is 1. The monoisotopic (exact) mass is 414 g/mol. The standard InChI is InChI=1S/C22H26N2O4S/c25-22(19-10-4-6-12-21(19)28-18-8-2-3-9-18)23-14-16-29(26,27)24-15-13-17-7-1-5-11-20(17)24/h1,4-7,10-12,18H,2-3,8-9,13-16H2,(H,23,25). The van der Waals surface area contributed by atoms with Gasteiger partial charge in [0.15, 0.2) is 0 Å². The van der Waals surface area contributed by atoms with Crippen molar-refractivity contribution in [3.8, 4) is 5.75 Å². The molecule has 1 heterocycles. The van der Waals surface area contributed by atoms with Crippen LogP contribution in [0.1, 0.15) is 41.6 Å². The van der Waals surface area contributed by atoms with Crippen LogP contribution in [-0.2, 0) is 16.4 Å². The number of anilines is 1. The maximum absolute atomic E-state index is 12.8. The zero-order valence-corrected chi connectivity index (χ0v) is 17.2. The molecular weight excluding hydrogens is 388 g/mol. The number of hydrogen-bond acceptors (Lipinski definition) is 4. The van der Waals surface area contributed by atoms with Gasteiger partial charge in [0, 0.05) is 13.1 Å². The van der Waals surface area contributed by atoms with E-state index in [-0.39, 0.29) is 24.3 Å². The van der Waals surface area contributed by atoms with Gasteiger partial charge in [-0.1, -0.05) is 30.3 Å². The molecule has 0 saturated heterocycles. The topological polar surface area (TPSA) is 75.7 Å². The highest BCUT2D eigenvalue weighted by molar-refractivity contribution is 7.92. The number of para-hydroxylation sites is 2. The Morgan fingerprint density at radius 3 is 2.62 bits per heavy atom. The molecule has 0 spiro atoms. The van der Waals surface area contributed by atoms with Crippen molar-refractivity contribution in [3.05, 3.63) is 59.7 Å². The summed E-state index contributed by atoms with van der Waals surface area (Å²) in [6.45, 7) is 0.505. The van der Waals surface area contributed by atoms with Crippen LogP contribution in [0.25, 0.3) is 0 Å². The van der Waals surface area contributed by atoms with Crippen LogP contribution in [-0.4, -0.2) is 39.3 Å². The van der Waals surface area contributed by atoms with Gasteiger partial charge in [-0.25, -0.2) is 8.42 Å². The maximum atomic E-state index is 12.8. The van der Waals surface area contributed by atoms with Gasteiger partial charge >= 0.3 is 0 Å². The van der Waals surface area contributed by atoms with Gasteiger partial charge in [-0.2, -0.15) is 0 Å². The predicted molar refractivity (Wildman–Crippen MR) is 113 cm³/mol. The van der Waals surface area contributed by atoms with Gasteiger partial charge in [-0.15, -0.1) is 0 Å². The van der Waals surface area contributed by atoms with Crippen LogP contribution < -0.4 is 14.4 Å². The van der Waals surface area contributed by atoms with Crippen LogP contribution in [0.15, 0.2) is 48.5 Å². The lowest BCUT2D eigenvalue weighted by Gasteiger charge is -2.20. The minimum Gasteiger partial charge on any atom is -0.490 e. The molecule has 6 nitrogen and oxygen atoms in total. The number of nitrogens with one attached hydrogen (secondary N) is 1. The molecule has 1 fully saturated rings. The quantitative estimate of drug-likeness (QED) is 0.755. The van der Waals surface area contributed by atoms with Gasteiger partial charge in [-0.05, 0) is 55.9 Å². The van der Waals surface area contributed by atoms with Crippen molar-refractivity contribution >= 4 is 21.6 Å². The largest absolute Gasteiger partial charge is 0.490 e. The second kappa shape index (κ2) is 8.45. The first-order valence-electron chi connectivity index (χ1n) is 10.2. The van der Waals surface area contributed by atoms with Crippen LogP contribution >= 0.6 is 0 Å². The van der Waals surface area contributed by atoms with Crippen LogP contribution in [0.5, 0.6) is 5.75 Å². The molecule has 0 atom stereocenters. The van der Waals surface area contributed by atoms with E-state index in [1.807, 2.05) is 30.3 Å². The third-order valence-corrected chi connectivity index (χ3v) is 7.32. The number of fused-ring (bicyclic) bond motifs is 1. The molecule has 4 rings (SSSR count). The van der Waals surface area contributed by atoms with Crippen molar-refractivity contribution in [2.75, 3.05) is 23.1 Å². The molecule has 29 heavy (non-hydrogen) atoms. The molecule has 0 unspecified atom stereocenters. The zero-order valence-electron chi connectivity index (χ0n) is 16.3. The normalized spacial score (nSPS) is 16.6. The third kappa shape index (κ3) is 4.40. The summed E-state index contributed by atoms with van der Waals surface area (Å²) in [5.74, 6) is 0.113. The molecule has 0 aromatic heterocycles. The molecule has 1 saturated carbocycles. The van der Waals surface area contributed by atoms with Crippen LogP contribution in [0.3, 0.4) is 0 Å². The first-order valence-corrected chi connectivity index (χ1v) is 11.8. The number of carbonyl (C=O) groups excluding carboxylic acids is 1. The zero-order chi connectivity index (χ0) is 20.3. The number of hydrogen-bond donors (Lipinski definition) is 1. The van der Waals surface area contributed by atoms with Gasteiger partial charge in [0.1, 0.15) is 5.75 Å². The maximum Gasteiger partial charge on any atom is 0.255 e. The Balaban J connectivity index is 1.37. The van der Waals surface area contributed by atoms with Crippen molar-refractivity contribution in [1.82, 2.24) is 5.32 Å². The number of nitrogens with zero attached hydrogens (tertiary/aromatic N) is 1. The molecule has 0 radical (unpaired) electrons. The second-order valence-electron chi connectivity index (χ2n) is 7.54. The second-order valence-corrected chi connectivity index (χ2v) is 9.56. The van der Waals surface area contributed by atoms with Gasteiger partial charge in [0.2, 0.25) is 10.0 Å². The summed E-state index contributed by atoms with van der Waals surface area (Å²) in [4.78, 5) is 12.6. The first kappa shape index (κ1) is 19.8. The van der Waals surface area contributed by atoms with Crippen LogP contribution in [0.4, 0.5) is 5.69 Å². The molecule has 7 heteroatoms. The average Bonchev–Trinajstić information content (AvgIpc) is 3.38. The van der Waals surface area contributed by atoms with Gasteiger partial charge in [0.05, 0.1) is 23.1 Å². The number of sulfonamides is 1. The molecule has 0 bridgehead atoms. The minimum absolute atomic E-state index is 0.0532. The molecular formula is C22H26N2O4S. The summed E-state index contributed by atoms with van der Waals surface area (Å²) < 4.78 is 33.0. The van der Waals surface area contributed by atoms with E-state index in [1.165, 1.54) is 4.31 Å². The van der Waals surface area contributed by atoms with Crippen molar-refractivity contribution in [2.45, 2.75) is 38.2 Å². The molecule has 2 aromatic rings. The van der Waals surface area contributed by atoms with E-state index in [4.69, 9.17) is 4.74 Å². The summed E-state index contributed by atoms with van der Waals surface area (Å²) in [6.07, 6.45) is 5.18. The smallest absolute Gasteiger partial charge is 0.255 e. The predicted octanol–water partition coefficient (Wildman–Crippen LogP) is 3.13. The van der Waals surface area contributed by atoms with Gasteiger partial charge < -0.3 is 10.1 Å². The van der Waals surface area contributed by atoms with Crippen molar-refractivity contribution in [1.29, 1.82) is 0 Å². The van der Waals surface area contributed by atoms with E-state index in [0.29, 0.717) is 24.3 Å². The van der Waals surface area contributed by atoms with E-state index >= 15 is 0 Å². The molecule has 1 amide bonds. The molecule has 1 N–H and O–H groups in total. The van der Waals surface area contributed by atoms with E-state index in [9.17, 15) is 13.2 Å². The highest BCUT2D eigenvalue weighted by atomic mass is 32.2. The molecule has 2 aliphatic rings. The summed E-state index contributed by atoms with van der Waals surface area (Å²) in [6, 6.07) is 14.7. The Kier molecular flexibility index (Phi) is 5.76. The van der Waals surface area contributed by atoms with Crippen molar-refractivity contribution in [2.24, 2.45) is 0 Å². The fourth-order valence-corrected chi connectivity index (χ4v) is 5.47. The number of carbonyl (C=O) groups is 1. The summed E-state index contributed by atoms with van der Waals surface area (Å²) in [7, 11) is -3.49. The third-order valence-electron chi connectivity index (χ3n) is 5.55. The fourth-order valence-electron chi connectivity index (χ4n) is 4.04. The summed E-state index contributed by atoms with van der Waals surface area (Å²) in [5, 5.41) is 2.74. The molecule has 1 aliphatic heterocycles. The Morgan fingerprint density at radius 2 is 1.79 bits per heavy atom. The van der Waals surface area contributed by atoms with E-state index in [1.54, 1.807) is 18.2 Å².